The third-order valence-corrected chi connectivity index (χ3v) is 8.73. The lowest BCUT2D eigenvalue weighted by molar-refractivity contribution is -0.142. The van der Waals surface area contributed by atoms with E-state index in [9.17, 15) is 32.0 Å². The number of likely N-dealkylation sites (tertiary alicyclic amines) is 1. The zero-order chi connectivity index (χ0) is 28.3. The molecule has 2 aliphatic heterocycles. The summed E-state index contributed by atoms with van der Waals surface area (Å²) in [5.41, 5.74) is 0.581. The summed E-state index contributed by atoms with van der Waals surface area (Å²) in [5, 5.41) is 6.75. The molecule has 4 amide bonds. The second-order valence-electron chi connectivity index (χ2n) is 10.7. The minimum Gasteiger partial charge on any atom is -0.356 e. The van der Waals surface area contributed by atoms with Crippen LogP contribution in [0.4, 0.5) is 4.39 Å². The average Bonchev–Trinajstić information content (AvgIpc) is 3.58. The lowest BCUT2D eigenvalue weighted by Gasteiger charge is -2.32. The van der Waals surface area contributed by atoms with Crippen molar-refractivity contribution < 1.29 is 32.0 Å². The number of fused-ring (bicyclic) bond motifs is 1. The predicted molar refractivity (Wildman–Crippen MR) is 141 cm³/mol. The Kier molecular flexibility index (Phi) is 8.73. The van der Waals surface area contributed by atoms with Gasteiger partial charge < -0.3 is 20.9 Å². The number of nitrogens with zero attached hydrogens (tertiary/aromatic N) is 1. The predicted octanol–water partition coefficient (Wildman–Crippen LogP) is 1.36. The highest BCUT2D eigenvalue weighted by molar-refractivity contribution is 7.94. The third kappa shape index (κ3) is 6.66. The molecule has 1 saturated carbocycles. The molecule has 6 atom stereocenters. The van der Waals surface area contributed by atoms with E-state index in [0.29, 0.717) is 25.1 Å². The first-order valence-corrected chi connectivity index (χ1v) is 15.1. The maximum Gasteiger partial charge on any atom is 0.250 e. The minimum atomic E-state index is -4.15. The molecule has 3 aliphatic rings. The molecule has 10 nitrogen and oxygen atoms in total. The number of carbonyl (C=O) groups is 4. The quantitative estimate of drug-likeness (QED) is 0.415. The first-order chi connectivity index (χ1) is 18.5. The van der Waals surface area contributed by atoms with E-state index in [4.69, 9.17) is 0 Å². The molecule has 0 unspecified atom stereocenters. The van der Waals surface area contributed by atoms with Crippen molar-refractivity contribution in [3.63, 3.8) is 0 Å². The monoisotopic (exact) mass is 562 g/mol. The Morgan fingerprint density at radius 3 is 2.49 bits per heavy atom. The fourth-order valence-electron chi connectivity index (χ4n) is 6.07. The summed E-state index contributed by atoms with van der Waals surface area (Å²) < 4.78 is 38.1. The molecule has 4 rings (SSSR count). The summed E-state index contributed by atoms with van der Waals surface area (Å²) in [6.45, 7) is 2.10. The van der Waals surface area contributed by atoms with Crippen molar-refractivity contribution in [1.29, 1.82) is 0 Å². The maximum absolute atomic E-state index is 14.5. The molecule has 0 aromatic heterocycles. The summed E-state index contributed by atoms with van der Waals surface area (Å²) >= 11 is 0. The van der Waals surface area contributed by atoms with Crippen molar-refractivity contribution >= 4 is 33.5 Å². The van der Waals surface area contributed by atoms with Crippen LogP contribution in [-0.4, -0.2) is 68.4 Å². The smallest absolute Gasteiger partial charge is 0.250 e. The van der Waals surface area contributed by atoms with Crippen molar-refractivity contribution in [3.8, 4) is 0 Å². The van der Waals surface area contributed by atoms with Crippen molar-refractivity contribution in [3.05, 3.63) is 47.1 Å². The van der Waals surface area contributed by atoms with E-state index in [2.05, 4.69) is 16.0 Å². The largest absolute Gasteiger partial charge is 0.356 e. The van der Waals surface area contributed by atoms with Crippen LogP contribution in [0.2, 0.25) is 0 Å². The SMILES string of the molecule is CC(=O)N[C@@H](C(=O)N1C[C@@H]2CCC[C@@H]2[C@H]1C(=O)N[C@H](/C=C(/F)S(C)(=O)=O)C[C@H]1CCNC1=O)c1ccccc1. The molecule has 0 spiro atoms. The number of carbonyl (C=O) groups excluding carboxylic acids is 4. The van der Waals surface area contributed by atoms with Gasteiger partial charge in [-0.15, -0.1) is 0 Å². The van der Waals surface area contributed by atoms with Gasteiger partial charge >= 0.3 is 0 Å². The average molecular weight is 563 g/mol. The topological polar surface area (TPSA) is 142 Å². The molecule has 212 valence electrons. The van der Waals surface area contributed by atoms with Gasteiger partial charge in [-0.2, -0.15) is 4.39 Å². The number of benzene rings is 1. The maximum atomic E-state index is 14.5. The number of sulfone groups is 1. The molecule has 0 bridgehead atoms. The summed E-state index contributed by atoms with van der Waals surface area (Å²) in [5.74, 6) is -2.13. The Morgan fingerprint density at radius 1 is 1.15 bits per heavy atom. The van der Waals surface area contributed by atoms with Gasteiger partial charge in [-0.25, -0.2) is 8.42 Å². The Morgan fingerprint density at radius 2 is 1.87 bits per heavy atom. The molecular weight excluding hydrogens is 527 g/mol. The Bertz CT molecular complexity index is 1250. The highest BCUT2D eigenvalue weighted by Crippen LogP contribution is 2.43. The summed E-state index contributed by atoms with van der Waals surface area (Å²) in [6, 6.07) is 5.83. The molecule has 39 heavy (non-hydrogen) atoms. The molecule has 3 N–H and O–H groups in total. The molecule has 3 fully saturated rings. The van der Waals surface area contributed by atoms with Gasteiger partial charge in [0, 0.05) is 32.2 Å². The third-order valence-electron chi connectivity index (χ3n) is 7.88. The van der Waals surface area contributed by atoms with E-state index in [0.717, 1.165) is 31.6 Å². The number of nitrogens with one attached hydrogen (secondary N) is 3. The zero-order valence-corrected chi connectivity index (χ0v) is 22.9. The van der Waals surface area contributed by atoms with Crippen LogP contribution >= 0.6 is 0 Å². The van der Waals surface area contributed by atoms with Gasteiger partial charge in [0.1, 0.15) is 12.1 Å². The molecule has 2 saturated heterocycles. The fourth-order valence-corrected chi connectivity index (χ4v) is 6.48. The van der Waals surface area contributed by atoms with Gasteiger partial charge in [-0.3, -0.25) is 19.2 Å². The van der Waals surface area contributed by atoms with Gasteiger partial charge in [-0.1, -0.05) is 36.8 Å². The van der Waals surface area contributed by atoms with Crippen LogP contribution < -0.4 is 16.0 Å². The number of amides is 4. The van der Waals surface area contributed by atoms with Crippen LogP contribution in [0.1, 0.15) is 50.6 Å². The minimum absolute atomic E-state index is 0.0216. The van der Waals surface area contributed by atoms with Crippen LogP contribution in [0.25, 0.3) is 0 Å². The van der Waals surface area contributed by atoms with Gasteiger partial charge in [0.15, 0.2) is 0 Å². The van der Waals surface area contributed by atoms with E-state index < -0.39 is 56.8 Å². The first kappa shape index (κ1) is 28.7. The van der Waals surface area contributed by atoms with Crippen LogP contribution in [0.3, 0.4) is 0 Å². The zero-order valence-electron chi connectivity index (χ0n) is 22.1. The highest BCUT2D eigenvalue weighted by atomic mass is 32.2. The summed E-state index contributed by atoms with van der Waals surface area (Å²) in [7, 11) is -4.15. The van der Waals surface area contributed by atoms with Crippen LogP contribution in [0.15, 0.2) is 41.6 Å². The lowest BCUT2D eigenvalue weighted by atomic mass is 9.92. The molecule has 2 heterocycles. The van der Waals surface area contributed by atoms with Crippen LogP contribution in [0.5, 0.6) is 0 Å². The van der Waals surface area contributed by atoms with E-state index in [1.807, 2.05) is 0 Å². The van der Waals surface area contributed by atoms with E-state index in [1.54, 1.807) is 30.3 Å². The van der Waals surface area contributed by atoms with E-state index >= 15 is 0 Å². The normalized spacial score (nSPS) is 26.5. The Labute approximate surface area is 227 Å². The molecular formula is C27H35FN4O6S. The standard InChI is InChI=1S/C27H35FN4O6S/c1-16(33)30-23(17-7-4-3-5-8-17)27(36)32-15-19-9-6-10-21(19)24(32)26(35)31-20(14-22(28)39(2,37)38)13-18-11-12-29-25(18)34/h3-5,7-8,14,18-21,23-24H,6,9-13,15H2,1-2H3,(H,29,34)(H,30,33)(H,31,35)/b22-14-/t18-,19+,20+,21+,23-,24+/m1/s1. The highest BCUT2D eigenvalue weighted by Gasteiger charge is 2.51. The summed E-state index contributed by atoms with van der Waals surface area (Å²) in [6.07, 6.45) is 4.54. The Balaban J connectivity index is 1.62. The van der Waals surface area contributed by atoms with Crippen molar-refractivity contribution in [1.82, 2.24) is 20.9 Å². The number of rotatable bonds is 9. The van der Waals surface area contributed by atoms with Gasteiger partial charge in [0.25, 0.3) is 5.91 Å². The number of hydrogen-bond acceptors (Lipinski definition) is 6. The van der Waals surface area contributed by atoms with Crippen molar-refractivity contribution in [2.75, 3.05) is 19.3 Å². The second kappa shape index (κ2) is 11.8. The van der Waals surface area contributed by atoms with Crippen LogP contribution in [-0.2, 0) is 29.0 Å². The molecule has 1 aliphatic carbocycles. The van der Waals surface area contributed by atoms with E-state index in [1.165, 1.54) is 11.8 Å². The van der Waals surface area contributed by atoms with Gasteiger partial charge in [-0.05, 0) is 49.2 Å². The second-order valence-corrected chi connectivity index (χ2v) is 12.6. The first-order valence-electron chi connectivity index (χ1n) is 13.2. The molecule has 1 aromatic carbocycles. The number of hydrogen-bond donors (Lipinski definition) is 3. The fraction of sp³-hybridized carbons (Fsp3) is 0.556. The van der Waals surface area contributed by atoms with Crippen molar-refractivity contribution in [2.24, 2.45) is 17.8 Å². The molecule has 1 aromatic rings. The Hall–Kier alpha value is -3.28. The molecule has 12 heteroatoms. The number of halogens is 1. The molecule has 0 radical (unpaired) electrons. The van der Waals surface area contributed by atoms with Crippen LogP contribution in [0, 0.1) is 17.8 Å². The van der Waals surface area contributed by atoms with Gasteiger partial charge in [0.05, 0.1) is 6.04 Å². The van der Waals surface area contributed by atoms with Gasteiger partial charge in [0.2, 0.25) is 32.7 Å². The summed E-state index contributed by atoms with van der Waals surface area (Å²) in [4.78, 5) is 53.3. The van der Waals surface area contributed by atoms with Crippen molar-refractivity contribution in [2.45, 2.75) is 57.2 Å². The van der Waals surface area contributed by atoms with E-state index in [-0.39, 0.29) is 24.2 Å². The lowest BCUT2D eigenvalue weighted by Crippen LogP contribution is -2.53.